The van der Waals surface area contributed by atoms with Crippen molar-refractivity contribution in [2.75, 3.05) is 0 Å². The molecule has 0 amide bonds. The van der Waals surface area contributed by atoms with Crippen molar-refractivity contribution in [3.63, 3.8) is 0 Å². The molecule has 0 unspecified atom stereocenters. The molecule has 14 heavy (non-hydrogen) atoms. The van der Waals surface area contributed by atoms with Gasteiger partial charge in [-0.25, -0.2) is 9.13 Å². The fraction of sp³-hybridized carbons (Fsp3) is 0. The quantitative estimate of drug-likeness (QED) is 0.285. The van der Waals surface area contributed by atoms with Crippen LogP contribution in [0.15, 0.2) is 0 Å². The van der Waals surface area contributed by atoms with Crippen LogP contribution >= 0.6 is 15.6 Å². The second kappa shape index (κ2) is 14.1. The Morgan fingerprint density at radius 1 is 0.857 bits per heavy atom. The van der Waals surface area contributed by atoms with Gasteiger partial charge in [0.1, 0.15) is 0 Å². The van der Waals surface area contributed by atoms with Crippen molar-refractivity contribution >= 4 is 15.6 Å². The molecule has 0 heterocycles. The van der Waals surface area contributed by atoms with Crippen molar-refractivity contribution in [1.29, 1.82) is 0 Å². The van der Waals surface area contributed by atoms with Crippen LogP contribution in [-0.2, 0) is 64.6 Å². The summed E-state index contributed by atoms with van der Waals surface area (Å²) in [5, 5.41) is 0. The first-order valence-electron chi connectivity index (χ1n) is 1.53. The van der Waals surface area contributed by atoms with E-state index in [0.717, 1.165) is 0 Å². The molecule has 0 rings (SSSR count). The maximum Gasteiger partial charge on any atom is 1.00 e. The van der Waals surface area contributed by atoms with Crippen LogP contribution in [0.4, 0.5) is 0 Å². The van der Waals surface area contributed by atoms with Crippen molar-refractivity contribution in [3.05, 3.63) is 0 Å². The van der Waals surface area contributed by atoms with Crippen LogP contribution in [0, 0.1) is 0 Å². The summed E-state index contributed by atoms with van der Waals surface area (Å²) in [6.45, 7) is 0. The van der Waals surface area contributed by atoms with Gasteiger partial charge in [-0.2, -0.15) is 4.31 Å². The van der Waals surface area contributed by atoms with Gasteiger partial charge in [0.05, 0.1) is 0 Å². The first-order valence-corrected chi connectivity index (χ1v) is 4.59. The molecule has 0 aromatic rings. The summed E-state index contributed by atoms with van der Waals surface area (Å²) in [4.78, 5) is 31.0. The first-order chi connectivity index (χ1) is 3.71. The van der Waals surface area contributed by atoms with Crippen LogP contribution in [0.25, 0.3) is 0 Å². The molecule has 14 heteroatoms. The van der Waals surface area contributed by atoms with E-state index >= 15 is 0 Å². The van der Waals surface area contributed by atoms with Gasteiger partial charge < -0.3 is 22.4 Å². The smallest absolute Gasteiger partial charge is 1.00 e. The van der Waals surface area contributed by atoms with E-state index in [-0.39, 0.29) is 91.8 Å². The molecule has 0 bridgehead atoms. The van der Waals surface area contributed by atoms with E-state index in [4.69, 9.17) is 19.6 Å². The van der Waals surface area contributed by atoms with Gasteiger partial charge in [-0.15, -0.1) is 0 Å². The second-order valence-corrected chi connectivity index (χ2v) is 3.68. The van der Waals surface area contributed by atoms with Crippen LogP contribution in [0.1, 0.15) is 2.85 Å². The third-order valence-corrected chi connectivity index (χ3v) is 1.91. The monoisotopic (exact) mass is 360 g/mol. The molecule has 0 fully saturated rings. The van der Waals surface area contributed by atoms with E-state index in [1.807, 2.05) is 0 Å². The van der Waals surface area contributed by atoms with E-state index in [1.54, 1.807) is 0 Å². The van der Waals surface area contributed by atoms with Gasteiger partial charge in [0.15, 0.2) is 0 Å². The van der Waals surface area contributed by atoms with Crippen LogP contribution in [0.3, 0.4) is 0 Å². The molecular weight excluding hydrogens is 354 g/mol. The Balaban J connectivity index is -0.0000000152. The predicted molar refractivity (Wildman–Crippen MR) is 27.4 cm³/mol. The minimum atomic E-state index is -5.05. The predicted octanol–water partition coefficient (Wildman–Crippen LogP) is -6.59. The maximum absolute atomic E-state index is 9.63. The third-order valence-electron chi connectivity index (χ3n) is 0.213. The second-order valence-electron chi connectivity index (χ2n) is 1.06. The molecule has 0 aliphatic heterocycles. The number of rotatable bonds is 2. The summed E-state index contributed by atoms with van der Waals surface area (Å²) in [7, 11) is -10.1. The van der Waals surface area contributed by atoms with Crippen LogP contribution in [0.5, 0.6) is 0 Å². The van der Waals surface area contributed by atoms with Crippen molar-refractivity contribution in [3.8, 4) is 0 Å². The zero-order chi connectivity index (χ0) is 7.71. The molecule has 0 spiro atoms. The first kappa shape index (κ1) is 36.0. The number of hydrogen-bond acceptors (Lipinski definition) is 3. The molecule has 0 saturated heterocycles. The Kier molecular flexibility index (Phi) is 36.2. The van der Waals surface area contributed by atoms with Gasteiger partial charge >= 0.3 is 53.4 Å². The average molecular weight is 360 g/mol. The zero-order valence-electron chi connectivity index (χ0n) is 9.02. The number of phosphoric acid groups is 2. The molecule has 82 valence electrons. The summed E-state index contributed by atoms with van der Waals surface area (Å²) in [5.74, 6) is 0. The zero-order valence-corrected chi connectivity index (χ0v) is 12.3. The normalized spacial score (nSPS) is 8.86. The average Bonchev–Trinajstić information content (AvgIpc) is 1.14. The molecule has 0 aromatic heterocycles. The van der Waals surface area contributed by atoms with E-state index in [2.05, 4.69) is 4.31 Å². The molecular formula is H6FeLi2Mn2O7P2. The van der Waals surface area contributed by atoms with E-state index < -0.39 is 15.6 Å². The molecule has 0 aliphatic rings. The molecule has 4 N–H and O–H groups in total. The fourth-order valence-electron chi connectivity index (χ4n) is 0.139. The van der Waals surface area contributed by atoms with Gasteiger partial charge in [-0.3, -0.25) is 0 Å². The van der Waals surface area contributed by atoms with Crippen molar-refractivity contribution < 1.29 is 125 Å². The molecule has 0 aromatic carbocycles. The standard InChI is InChI=1S/Fe.2Li.2Mn.H4O7P2.2H/c;;;;;1-8(2,3)7-9(4,5)6;;/h;;;;;(H2,1,2,3)(H2,4,5,6);;/q;2*+1;;;;2*-1. The fourth-order valence-corrected chi connectivity index (χ4v) is 1.25. The number of hydrogen-bond donors (Lipinski definition) is 4. The van der Waals surface area contributed by atoms with Crippen LogP contribution in [0.2, 0.25) is 0 Å². The van der Waals surface area contributed by atoms with Crippen LogP contribution in [-0.4, -0.2) is 19.6 Å². The Morgan fingerprint density at radius 2 is 1.00 bits per heavy atom. The summed E-state index contributed by atoms with van der Waals surface area (Å²) in [6.07, 6.45) is 0. The van der Waals surface area contributed by atoms with Gasteiger partial charge in [0.25, 0.3) is 0 Å². The van der Waals surface area contributed by atoms with Crippen molar-refractivity contribution in [1.82, 2.24) is 0 Å². The van der Waals surface area contributed by atoms with E-state index in [9.17, 15) is 9.13 Å². The Morgan fingerprint density at radius 3 is 1.00 bits per heavy atom. The maximum atomic E-state index is 9.63. The Bertz CT molecular complexity index is 177. The molecule has 0 saturated carbocycles. The minimum Gasteiger partial charge on any atom is -1.00 e. The van der Waals surface area contributed by atoms with Gasteiger partial charge in [0.2, 0.25) is 0 Å². The molecule has 2 radical (unpaired) electrons. The summed E-state index contributed by atoms with van der Waals surface area (Å²) < 4.78 is 22.2. The van der Waals surface area contributed by atoms with Gasteiger partial charge in [0, 0.05) is 51.2 Å². The topological polar surface area (TPSA) is 124 Å². The minimum absolute atomic E-state index is 0. The Hall–Kier alpha value is 3.01. The molecule has 0 aliphatic carbocycles. The SMILES string of the molecule is O=P(O)(O)OP(=O)(O)O.[Fe].[H-].[H-].[Li+].[Li+].[Mn].[Mn]. The van der Waals surface area contributed by atoms with Crippen LogP contribution < -0.4 is 37.7 Å². The third kappa shape index (κ3) is 36.3. The summed E-state index contributed by atoms with van der Waals surface area (Å²) in [6, 6.07) is 0. The summed E-state index contributed by atoms with van der Waals surface area (Å²) >= 11 is 0. The van der Waals surface area contributed by atoms with E-state index in [0.29, 0.717) is 0 Å². The van der Waals surface area contributed by atoms with Gasteiger partial charge in [-0.1, -0.05) is 0 Å². The summed E-state index contributed by atoms with van der Waals surface area (Å²) in [5.41, 5.74) is 0. The van der Waals surface area contributed by atoms with E-state index in [1.165, 1.54) is 0 Å². The molecule has 0 atom stereocenters. The molecule has 7 nitrogen and oxygen atoms in total. The Labute approximate surface area is 139 Å². The largest absolute Gasteiger partial charge is 1.00 e. The van der Waals surface area contributed by atoms with Gasteiger partial charge in [-0.05, 0) is 0 Å². The van der Waals surface area contributed by atoms with Crippen molar-refractivity contribution in [2.24, 2.45) is 0 Å². The van der Waals surface area contributed by atoms with Crippen molar-refractivity contribution in [2.45, 2.75) is 0 Å².